The van der Waals surface area contributed by atoms with Crippen LogP contribution in [0, 0.1) is 29.2 Å². The van der Waals surface area contributed by atoms with Crippen LogP contribution < -0.4 is 0 Å². The molecule has 0 radical (unpaired) electrons. The van der Waals surface area contributed by atoms with Crippen molar-refractivity contribution >= 4 is 0 Å². The second kappa shape index (κ2) is 43.4. The number of aromatic nitrogens is 13. The maximum atomic E-state index is 12.8. The Morgan fingerprint density at radius 2 is 0.802 bits per heavy atom. The summed E-state index contributed by atoms with van der Waals surface area (Å²) in [5.41, 5.74) is 7.23. The molecule has 13 nitrogen and oxygen atoms in total. The van der Waals surface area contributed by atoms with Gasteiger partial charge in [-0.1, -0.05) is 137 Å². The quantitative estimate of drug-likeness (QED) is 0.125. The second-order valence-corrected chi connectivity index (χ2v) is 21.9. The molecular weight excluding hydrogens is 1090 g/mol. The van der Waals surface area contributed by atoms with Gasteiger partial charge >= 0.3 is 0 Å². The maximum Gasteiger partial charge on any atom is 0.231 e. The molecule has 0 amide bonds. The zero-order chi connectivity index (χ0) is 64.6. The Kier molecular flexibility index (Phi) is 38.2. The van der Waals surface area contributed by atoms with Crippen LogP contribution in [0.25, 0.3) is 0 Å². The third-order valence-electron chi connectivity index (χ3n) is 11.4. The van der Waals surface area contributed by atoms with Gasteiger partial charge in [-0.15, -0.1) is 0 Å². The Bertz CT molecular complexity index is 2770. The van der Waals surface area contributed by atoms with Crippen LogP contribution in [0.15, 0.2) is 166 Å². The topological polar surface area (TPSA) is 168 Å². The number of hydrogen-bond acceptors (Lipinski definition) is 13. The number of pyridine rings is 5. The first-order valence-electron chi connectivity index (χ1n) is 28.8. The zero-order valence-corrected chi connectivity index (χ0v) is 53.5. The third kappa shape index (κ3) is 33.9. The van der Waals surface area contributed by atoms with E-state index in [0.717, 1.165) is 52.8 Å². The normalized spacial score (nSPS) is 10.3. The Balaban J connectivity index is 0.000000484. The molecule has 9 aromatic heterocycles. The molecule has 9 aromatic rings. The van der Waals surface area contributed by atoms with Gasteiger partial charge in [-0.05, 0) is 108 Å². The number of rotatable bonds is 9. The number of halogens is 5. The molecule has 0 unspecified atom stereocenters. The third-order valence-corrected chi connectivity index (χ3v) is 11.4. The van der Waals surface area contributed by atoms with E-state index in [-0.39, 0.29) is 23.5 Å². The fourth-order valence-corrected chi connectivity index (χ4v) is 6.32. The van der Waals surface area contributed by atoms with E-state index in [1.807, 2.05) is 104 Å². The SMILES string of the molecule is CC(C)c1ccc(F)cn1.CC(C)c1ccccn1.CC(C)c1cccnc1.CC(C)c1ccncn1.CC(C)c1cnc(F)cn1.CC(C)c1cnccn1.CC(C)c1ncc(F)cc1F.CC(C)c1ncccc1F.CC(C)c1ncccn1. The Hall–Kier alpha value is -8.28. The van der Waals surface area contributed by atoms with Gasteiger partial charge in [0.2, 0.25) is 5.95 Å². The summed E-state index contributed by atoms with van der Waals surface area (Å²) < 4.78 is 62.3. The summed E-state index contributed by atoms with van der Waals surface area (Å²) in [5.74, 6) is 2.13. The summed E-state index contributed by atoms with van der Waals surface area (Å²) in [6.07, 6.45) is 24.1. The van der Waals surface area contributed by atoms with Crippen LogP contribution in [0.1, 0.15) is 229 Å². The van der Waals surface area contributed by atoms with Crippen LogP contribution in [0.2, 0.25) is 0 Å². The van der Waals surface area contributed by atoms with Crippen LogP contribution in [-0.2, 0) is 0 Å². The highest BCUT2D eigenvalue weighted by molar-refractivity contribution is 5.14. The van der Waals surface area contributed by atoms with Crippen molar-refractivity contribution in [3.05, 3.63) is 246 Å². The van der Waals surface area contributed by atoms with E-state index in [0.29, 0.717) is 52.8 Å². The largest absolute Gasteiger partial charge is 0.264 e. The minimum atomic E-state index is -0.632. The van der Waals surface area contributed by atoms with E-state index in [4.69, 9.17) is 0 Å². The van der Waals surface area contributed by atoms with Gasteiger partial charge in [0.1, 0.15) is 35.4 Å². The molecule has 0 aliphatic carbocycles. The van der Waals surface area contributed by atoms with Crippen molar-refractivity contribution in [3.8, 4) is 0 Å². The highest BCUT2D eigenvalue weighted by Crippen LogP contribution is 2.17. The molecule has 462 valence electrons. The predicted molar refractivity (Wildman–Crippen MR) is 336 cm³/mol. The summed E-state index contributed by atoms with van der Waals surface area (Å²) in [6, 6.07) is 20.8. The van der Waals surface area contributed by atoms with Crippen LogP contribution in [0.3, 0.4) is 0 Å². The molecular formula is C68H90F5N13. The molecule has 0 N–H and O–H groups in total. The molecule has 0 saturated heterocycles. The van der Waals surface area contributed by atoms with Gasteiger partial charge < -0.3 is 0 Å². The molecule has 0 aliphatic rings. The minimum Gasteiger partial charge on any atom is -0.264 e. The summed E-state index contributed by atoms with van der Waals surface area (Å²) in [7, 11) is 0. The van der Waals surface area contributed by atoms with Crippen molar-refractivity contribution in [2.45, 2.75) is 178 Å². The summed E-state index contributed by atoms with van der Waals surface area (Å²) in [5, 5.41) is 0. The van der Waals surface area contributed by atoms with Gasteiger partial charge in [0.25, 0.3) is 0 Å². The monoisotopic (exact) mass is 1180 g/mol. The Morgan fingerprint density at radius 3 is 1.17 bits per heavy atom. The van der Waals surface area contributed by atoms with Gasteiger partial charge in [0.15, 0.2) is 0 Å². The van der Waals surface area contributed by atoms with Crippen molar-refractivity contribution in [1.29, 1.82) is 0 Å². The molecule has 0 aromatic carbocycles. The zero-order valence-electron chi connectivity index (χ0n) is 53.5. The van der Waals surface area contributed by atoms with Gasteiger partial charge in [-0.3, -0.25) is 39.9 Å². The smallest absolute Gasteiger partial charge is 0.231 e. The summed E-state index contributed by atoms with van der Waals surface area (Å²) >= 11 is 0. The molecule has 0 bridgehead atoms. The summed E-state index contributed by atoms with van der Waals surface area (Å²) in [6.45, 7) is 36.7. The number of nitrogens with zero attached hydrogens (tertiary/aromatic N) is 13. The van der Waals surface area contributed by atoms with Gasteiger partial charge in [0.05, 0.1) is 47.6 Å². The van der Waals surface area contributed by atoms with Crippen molar-refractivity contribution in [3.63, 3.8) is 0 Å². The van der Waals surface area contributed by atoms with Gasteiger partial charge in [-0.2, -0.15) is 4.39 Å². The average Bonchev–Trinajstić information content (AvgIpc) is 3.71. The highest BCUT2D eigenvalue weighted by Gasteiger charge is 2.09. The molecule has 0 atom stereocenters. The van der Waals surface area contributed by atoms with Gasteiger partial charge in [-0.25, -0.2) is 42.5 Å². The highest BCUT2D eigenvalue weighted by atomic mass is 19.1. The van der Waals surface area contributed by atoms with Gasteiger partial charge in [0, 0.05) is 91.0 Å². The van der Waals surface area contributed by atoms with Crippen LogP contribution in [0.5, 0.6) is 0 Å². The summed E-state index contributed by atoms with van der Waals surface area (Å²) in [4.78, 5) is 51.0. The van der Waals surface area contributed by atoms with E-state index >= 15 is 0 Å². The fourth-order valence-electron chi connectivity index (χ4n) is 6.32. The maximum absolute atomic E-state index is 12.8. The predicted octanol–water partition coefficient (Wildman–Crippen LogP) is 18.1. The number of hydrogen-bond donors (Lipinski definition) is 0. The lowest BCUT2D eigenvalue weighted by molar-refractivity contribution is 0.548. The fraction of sp³-hybridized carbons (Fsp3) is 0.397. The van der Waals surface area contributed by atoms with Crippen molar-refractivity contribution < 1.29 is 22.0 Å². The molecule has 0 fully saturated rings. The van der Waals surface area contributed by atoms with Crippen LogP contribution in [0.4, 0.5) is 22.0 Å². The molecule has 9 rings (SSSR count). The standard InChI is InChI=1S/C8H9F2N.2C8H10FN.2C8H11N.C7H9FN2.3C7H10N2/c1-5(2)8-7(10)3-6(9)4-11-8;1-6(2)8-4-3-7(9)5-10-8;1-6(2)8-7(9)4-3-5-10-8;1-7(2)8-4-3-5-9-6-8;1-7(2)8-5-3-4-6-9-8;1-5(2)6-3-10-7(8)4-9-6;1-6(2)7-5-8-3-4-9-7;1-6(2)7-3-4-8-5-9-7;1-6(2)7-8-4-3-5-9-7/h3-5H,1-2H3;2*3-6H,1-2H3;2*3-7H,1-2H3;3-5H,1-2H3;3*3-6H,1-2H3. The first-order chi connectivity index (χ1) is 40.7. The molecule has 0 aliphatic heterocycles. The Morgan fingerprint density at radius 1 is 0.279 bits per heavy atom. The lowest BCUT2D eigenvalue weighted by Gasteiger charge is -2.03. The average molecular weight is 1180 g/mol. The van der Waals surface area contributed by atoms with Crippen LogP contribution in [-0.4, -0.2) is 64.8 Å². The van der Waals surface area contributed by atoms with Crippen LogP contribution >= 0.6 is 0 Å². The lowest BCUT2D eigenvalue weighted by atomic mass is 10.1. The minimum absolute atomic E-state index is 0.00407. The van der Waals surface area contributed by atoms with E-state index in [1.54, 1.807) is 68.0 Å². The molecule has 0 saturated carbocycles. The van der Waals surface area contributed by atoms with Crippen molar-refractivity contribution in [2.75, 3.05) is 0 Å². The molecule has 9 heterocycles. The van der Waals surface area contributed by atoms with E-state index in [2.05, 4.69) is 140 Å². The first kappa shape index (κ1) is 75.7. The van der Waals surface area contributed by atoms with E-state index in [1.165, 1.54) is 30.1 Å². The Labute approximate surface area is 508 Å². The van der Waals surface area contributed by atoms with Crippen molar-refractivity contribution in [1.82, 2.24) is 64.8 Å². The van der Waals surface area contributed by atoms with Crippen molar-refractivity contribution in [2.24, 2.45) is 0 Å². The first-order valence-corrected chi connectivity index (χ1v) is 28.8. The van der Waals surface area contributed by atoms with E-state index < -0.39 is 17.6 Å². The lowest BCUT2D eigenvalue weighted by Crippen LogP contribution is -1.97. The van der Waals surface area contributed by atoms with E-state index in [9.17, 15) is 22.0 Å². The molecule has 86 heavy (non-hydrogen) atoms. The second-order valence-electron chi connectivity index (χ2n) is 21.9. The molecule has 18 heteroatoms. The molecule has 0 spiro atoms.